The Morgan fingerprint density at radius 3 is 3.17 bits per heavy atom. The molecule has 0 saturated heterocycles. The highest BCUT2D eigenvalue weighted by Crippen LogP contribution is 2.26. The first-order valence-corrected chi connectivity index (χ1v) is 5.93. The summed E-state index contributed by atoms with van der Waals surface area (Å²) in [5, 5.41) is 17.4. The highest BCUT2D eigenvalue weighted by atomic mass is 16.4. The Hall–Kier alpha value is -2.11. The van der Waals surface area contributed by atoms with Gasteiger partial charge in [0.15, 0.2) is 0 Å². The van der Waals surface area contributed by atoms with Gasteiger partial charge in [0.2, 0.25) is 0 Å². The summed E-state index contributed by atoms with van der Waals surface area (Å²) < 4.78 is 7.01. The van der Waals surface area contributed by atoms with Gasteiger partial charge in [-0.25, -0.2) is 4.79 Å². The van der Waals surface area contributed by atoms with E-state index < -0.39 is 12.0 Å². The summed E-state index contributed by atoms with van der Waals surface area (Å²) in [7, 11) is 0. The van der Waals surface area contributed by atoms with Gasteiger partial charge in [0, 0.05) is 6.42 Å². The molecule has 94 valence electrons. The number of aryl methyl sites for hydroxylation is 1. The molecule has 2 aromatic heterocycles. The molecule has 0 aromatic carbocycles. The molecular formula is C12H13N3O3. The Morgan fingerprint density at radius 2 is 2.44 bits per heavy atom. The molecule has 0 amide bonds. The Kier molecular flexibility index (Phi) is 2.62. The summed E-state index contributed by atoms with van der Waals surface area (Å²) in [5.41, 5.74) is 0. The van der Waals surface area contributed by atoms with Gasteiger partial charge in [0.1, 0.15) is 23.5 Å². The van der Waals surface area contributed by atoms with Crippen LogP contribution in [0, 0.1) is 0 Å². The molecule has 18 heavy (non-hydrogen) atoms. The van der Waals surface area contributed by atoms with Crippen molar-refractivity contribution in [2.75, 3.05) is 0 Å². The van der Waals surface area contributed by atoms with Gasteiger partial charge < -0.3 is 14.1 Å². The number of hydrogen-bond acceptors (Lipinski definition) is 4. The zero-order valence-corrected chi connectivity index (χ0v) is 9.74. The fourth-order valence-corrected chi connectivity index (χ4v) is 2.40. The molecule has 0 radical (unpaired) electrons. The quantitative estimate of drug-likeness (QED) is 0.887. The van der Waals surface area contributed by atoms with Crippen LogP contribution in [0.2, 0.25) is 0 Å². The van der Waals surface area contributed by atoms with Gasteiger partial charge in [-0.05, 0) is 25.0 Å². The Bertz CT molecular complexity index is 559. The van der Waals surface area contributed by atoms with E-state index in [0.717, 1.165) is 24.4 Å². The number of carbonyl (C=O) groups is 1. The normalized spacial score (nSPS) is 18.6. The molecule has 2 aromatic rings. The van der Waals surface area contributed by atoms with Crippen LogP contribution in [0.4, 0.5) is 0 Å². The average molecular weight is 247 g/mol. The molecule has 0 bridgehead atoms. The van der Waals surface area contributed by atoms with Crippen LogP contribution in [-0.4, -0.2) is 25.8 Å². The average Bonchev–Trinajstić information content (AvgIpc) is 2.99. The number of hydrogen-bond donors (Lipinski definition) is 1. The lowest BCUT2D eigenvalue weighted by atomic mass is 10.0. The summed E-state index contributed by atoms with van der Waals surface area (Å²) in [6.45, 7) is 0. The zero-order valence-electron chi connectivity index (χ0n) is 9.74. The lowest BCUT2D eigenvalue weighted by Gasteiger charge is -2.22. The standard InChI is InChI=1S/C12H13N3O3/c16-12(17)9-4-1-5-10-13-14-11(15(9)10)7-8-3-2-6-18-8/h2-3,6,9H,1,4-5,7H2,(H,16,17). The van der Waals surface area contributed by atoms with Crippen molar-refractivity contribution in [2.45, 2.75) is 31.7 Å². The molecule has 1 aliphatic heterocycles. The van der Waals surface area contributed by atoms with E-state index in [2.05, 4.69) is 10.2 Å². The minimum atomic E-state index is -0.823. The van der Waals surface area contributed by atoms with Gasteiger partial charge >= 0.3 is 5.97 Å². The van der Waals surface area contributed by atoms with Gasteiger partial charge in [-0.15, -0.1) is 10.2 Å². The van der Waals surface area contributed by atoms with Crippen LogP contribution in [0.1, 0.15) is 36.3 Å². The van der Waals surface area contributed by atoms with Crippen LogP contribution < -0.4 is 0 Å². The van der Waals surface area contributed by atoms with Gasteiger partial charge in [-0.2, -0.15) is 0 Å². The number of carboxylic acids is 1. The molecular weight excluding hydrogens is 234 g/mol. The highest BCUT2D eigenvalue weighted by molar-refractivity contribution is 5.72. The first-order chi connectivity index (χ1) is 8.75. The van der Waals surface area contributed by atoms with Gasteiger partial charge in [0.05, 0.1) is 12.7 Å². The third-order valence-electron chi connectivity index (χ3n) is 3.22. The summed E-state index contributed by atoms with van der Waals surface area (Å²) in [5.74, 6) is 1.36. The van der Waals surface area contributed by atoms with Crippen molar-refractivity contribution in [3.63, 3.8) is 0 Å². The molecule has 0 saturated carbocycles. The summed E-state index contributed by atoms with van der Waals surface area (Å²) in [6, 6.07) is 3.10. The largest absolute Gasteiger partial charge is 0.480 e. The maximum atomic E-state index is 11.3. The van der Waals surface area contributed by atoms with Crippen LogP contribution in [0.5, 0.6) is 0 Å². The van der Waals surface area contributed by atoms with E-state index in [1.165, 1.54) is 0 Å². The maximum Gasteiger partial charge on any atom is 0.326 e. The number of aromatic nitrogens is 3. The topological polar surface area (TPSA) is 81.2 Å². The first-order valence-electron chi connectivity index (χ1n) is 5.93. The predicted molar refractivity (Wildman–Crippen MR) is 61.1 cm³/mol. The highest BCUT2D eigenvalue weighted by Gasteiger charge is 2.29. The second kappa shape index (κ2) is 4.29. The molecule has 3 rings (SSSR count). The summed E-state index contributed by atoms with van der Waals surface area (Å²) in [4.78, 5) is 11.3. The van der Waals surface area contributed by atoms with Crippen molar-refractivity contribution in [1.82, 2.24) is 14.8 Å². The van der Waals surface area contributed by atoms with Crippen molar-refractivity contribution >= 4 is 5.97 Å². The van der Waals surface area contributed by atoms with Gasteiger partial charge in [0.25, 0.3) is 0 Å². The molecule has 1 aliphatic rings. The molecule has 1 unspecified atom stereocenters. The minimum Gasteiger partial charge on any atom is -0.480 e. The number of rotatable bonds is 3. The fourth-order valence-electron chi connectivity index (χ4n) is 2.40. The SMILES string of the molecule is O=C(O)C1CCCc2nnc(Cc3ccco3)n21. The number of aliphatic carboxylic acids is 1. The number of fused-ring (bicyclic) bond motifs is 1. The van der Waals surface area contributed by atoms with E-state index in [9.17, 15) is 9.90 Å². The number of furan rings is 1. The summed E-state index contributed by atoms with van der Waals surface area (Å²) in [6.07, 6.45) is 4.33. The molecule has 0 spiro atoms. The van der Waals surface area contributed by atoms with Crippen LogP contribution in [0.3, 0.4) is 0 Å². The van der Waals surface area contributed by atoms with Crippen molar-refractivity contribution in [3.05, 3.63) is 35.8 Å². The van der Waals surface area contributed by atoms with Crippen LogP contribution in [0.15, 0.2) is 22.8 Å². The van der Waals surface area contributed by atoms with E-state index in [0.29, 0.717) is 18.7 Å². The fraction of sp³-hybridized carbons (Fsp3) is 0.417. The Labute approximate surface area is 103 Å². The van der Waals surface area contributed by atoms with E-state index in [1.807, 2.05) is 6.07 Å². The lowest BCUT2D eigenvalue weighted by molar-refractivity contribution is -0.141. The summed E-state index contributed by atoms with van der Waals surface area (Å²) >= 11 is 0. The first kappa shape index (κ1) is 11.0. The van der Waals surface area contributed by atoms with Crippen LogP contribution >= 0.6 is 0 Å². The van der Waals surface area contributed by atoms with Crippen LogP contribution in [0.25, 0.3) is 0 Å². The smallest absolute Gasteiger partial charge is 0.326 e. The van der Waals surface area contributed by atoms with E-state index in [-0.39, 0.29) is 0 Å². The molecule has 6 nitrogen and oxygen atoms in total. The molecule has 3 heterocycles. The second-order valence-electron chi connectivity index (χ2n) is 4.40. The monoisotopic (exact) mass is 247 g/mol. The van der Waals surface area contributed by atoms with E-state index >= 15 is 0 Å². The second-order valence-corrected chi connectivity index (χ2v) is 4.40. The Balaban J connectivity index is 1.97. The van der Waals surface area contributed by atoms with Crippen molar-refractivity contribution in [2.24, 2.45) is 0 Å². The third-order valence-corrected chi connectivity index (χ3v) is 3.22. The predicted octanol–water partition coefficient (Wildman–Crippen LogP) is 1.42. The van der Waals surface area contributed by atoms with Crippen molar-refractivity contribution in [1.29, 1.82) is 0 Å². The zero-order chi connectivity index (χ0) is 12.5. The van der Waals surface area contributed by atoms with E-state index in [4.69, 9.17) is 4.42 Å². The number of carboxylic acid groups (broad SMARTS) is 1. The van der Waals surface area contributed by atoms with Gasteiger partial charge in [-0.3, -0.25) is 0 Å². The van der Waals surface area contributed by atoms with Crippen LogP contribution in [-0.2, 0) is 17.6 Å². The molecule has 6 heteroatoms. The molecule has 0 aliphatic carbocycles. The third kappa shape index (κ3) is 1.79. The van der Waals surface area contributed by atoms with E-state index in [1.54, 1.807) is 16.9 Å². The van der Waals surface area contributed by atoms with Crippen molar-refractivity contribution < 1.29 is 14.3 Å². The van der Waals surface area contributed by atoms with Gasteiger partial charge in [-0.1, -0.05) is 0 Å². The minimum absolute atomic E-state index is 0.476. The molecule has 1 atom stereocenters. The molecule has 0 fully saturated rings. The van der Waals surface area contributed by atoms with Crippen molar-refractivity contribution in [3.8, 4) is 0 Å². The number of nitrogens with zero attached hydrogens (tertiary/aromatic N) is 3. The maximum absolute atomic E-state index is 11.3. The molecule has 1 N–H and O–H groups in total. The Morgan fingerprint density at radius 1 is 1.56 bits per heavy atom. The lowest BCUT2D eigenvalue weighted by Crippen LogP contribution is -2.26.